The fourth-order valence-electron chi connectivity index (χ4n) is 1.56. The smallest absolute Gasteiger partial charge is 0.0440 e. The van der Waals surface area contributed by atoms with Crippen LogP contribution in [0.3, 0.4) is 0 Å². The van der Waals surface area contributed by atoms with Gasteiger partial charge in [-0.25, -0.2) is 0 Å². The van der Waals surface area contributed by atoms with Gasteiger partial charge in [-0.2, -0.15) is 0 Å². The van der Waals surface area contributed by atoms with Crippen LogP contribution in [0.25, 0.3) is 0 Å². The molecule has 0 N–H and O–H groups in total. The maximum absolute atomic E-state index is 3.86. The molecule has 2 rings (SSSR count). The van der Waals surface area contributed by atoms with Gasteiger partial charge in [0.2, 0.25) is 0 Å². The molecule has 1 fully saturated rings. The number of allylic oxidation sites excluding steroid dienone is 1. The van der Waals surface area contributed by atoms with Crippen LogP contribution in [0.15, 0.2) is 24.1 Å². The van der Waals surface area contributed by atoms with Crippen LogP contribution in [0.5, 0.6) is 0 Å². The van der Waals surface area contributed by atoms with Gasteiger partial charge in [-0.05, 0) is 24.2 Å². The molecule has 1 heteroatoms. The summed E-state index contributed by atoms with van der Waals surface area (Å²) >= 11 is 1.94. The molecule has 48 valence electrons. The molecular weight excluding hydrogens is 128 g/mol. The van der Waals surface area contributed by atoms with Crippen LogP contribution >= 0.6 is 11.8 Å². The Balaban J connectivity index is 2.24. The summed E-state index contributed by atoms with van der Waals surface area (Å²) in [7, 11) is 0. The van der Waals surface area contributed by atoms with Gasteiger partial charge in [0.15, 0.2) is 0 Å². The second-order valence-corrected chi connectivity index (χ2v) is 4.02. The molecule has 1 aliphatic carbocycles. The van der Waals surface area contributed by atoms with E-state index in [1.807, 2.05) is 11.8 Å². The lowest BCUT2D eigenvalue weighted by Gasteiger charge is -2.41. The molecule has 0 radical (unpaired) electrons. The summed E-state index contributed by atoms with van der Waals surface area (Å²) in [4.78, 5) is 0. The lowest BCUT2D eigenvalue weighted by atomic mass is 9.73. The van der Waals surface area contributed by atoms with Gasteiger partial charge in [-0.15, -0.1) is 18.3 Å². The Labute approximate surface area is 60.0 Å². The van der Waals surface area contributed by atoms with Crippen LogP contribution in [-0.4, -0.2) is 4.75 Å². The first kappa shape index (κ1) is 5.60. The predicted octanol–water partition coefficient (Wildman–Crippen LogP) is 2.58. The second-order valence-electron chi connectivity index (χ2n) is 2.75. The van der Waals surface area contributed by atoms with E-state index in [-0.39, 0.29) is 0 Å². The monoisotopic (exact) mass is 138 g/mol. The Kier molecular flexibility index (Phi) is 1.03. The highest BCUT2D eigenvalue weighted by molar-refractivity contribution is 8.04. The number of rotatable bonds is 1. The van der Waals surface area contributed by atoms with Crippen molar-refractivity contribution in [3.63, 3.8) is 0 Å². The standard InChI is InChI=1S/C8H10S/c1-2-8-5-3-7(8)4-6-9-8/h2,4,6-7H,1,3,5H2. The molecule has 0 bridgehead atoms. The molecule has 0 aromatic rings. The molecule has 0 nitrogen and oxygen atoms in total. The van der Waals surface area contributed by atoms with E-state index < -0.39 is 0 Å². The lowest BCUT2D eigenvalue weighted by Crippen LogP contribution is -2.37. The SMILES string of the molecule is C=CC12CCC1C=CS2. The quantitative estimate of drug-likeness (QED) is 0.502. The summed E-state index contributed by atoms with van der Waals surface area (Å²) in [6.45, 7) is 3.86. The zero-order valence-electron chi connectivity index (χ0n) is 5.34. The van der Waals surface area contributed by atoms with Gasteiger partial charge in [0.25, 0.3) is 0 Å². The maximum Gasteiger partial charge on any atom is 0.0440 e. The molecule has 2 unspecified atom stereocenters. The molecule has 9 heavy (non-hydrogen) atoms. The molecule has 0 amide bonds. The largest absolute Gasteiger partial charge is 0.123 e. The van der Waals surface area contributed by atoms with Crippen molar-refractivity contribution >= 4 is 11.8 Å². The molecule has 1 aliphatic heterocycles. The lowest BCUT2D eigenvalue weighted by molar-refractivity contribution is 0.334. The molecule has 0 aromatic heterocycles. The van der Waals surface area contributed by atoms with Gasteiger partial charge in [0.1, 0.15) is 0 Å². The van der Waals surface area contributed by atoms with Gasteiger partial charge in [0, 0.05) is 4.75 Å². The number of thioether (sulfide) groups is 1. The Hall–Kier alpha value is -0.170. The van der Waals surface area contributed by atoms with Crippen molar-refractivity contribution in [1.82, 2.24) is 0 Å². The third-order valence-corrected chi connectivity index (χ3v) is 3.82. The molecule has 2 aliphatic rings. The number of hydrogen-bond donors (Lipinski definition) is 0. The molecule has 1 saturated carbocycles. The van der Waals surface area contributed by atoms with Crippen LogP contribution in [0.1, 0.15) is 12.8 Å². The van der Waals surface area contributed by atoms with Crippen molar-refractivity contribution in [3.05, 3.63) is 24.1 Å². The minimum atomic E-state index is 0.444. The third-order valence-electron chi connectivity index (χ3n) is 2.42. The van der Waals surface area contributed by atoms with Crippen LogP contribution in [0.2, 0.25) is 0 Å². The maximum atomic E-state index is 3.86. The van der Waals surface area contributed by atoms with Crippen molar-refractivity contribution in [2.45, 2.75) is 17.6 Å². The molecule has 1 heterocycles. The summed E-state index contributed by atoms with van der Waals surface area (Å²) in [5.41, 5.74) is 0. The van der Waals surface area contributed by atoms with Gasteiger partial charge in [0.05, 0.1) is 0 Å². The zero-order valence-corrected chi connectivity index (χ0v) is 6.16. The first-order valence-electron chi connectivity index (χ1n) is 3.35. The van der Waals surface area contributed by atoms with E-state index in [0.717, 1.165) is 5.92 Å². The minimum absolute atomic E-state index is 0.444. The van der Waals surface area contributed by atoms with E-state index in [0.29, 0.717) is 4.75 Å². The fraction of sp³-hybridized carbons (Fsp3) is 0.500. The molecule has 0 saturated heterocycles. The average Bonchev–Trinajstić information content (AvgIpc) is 2.10. The van der Waals surface area contributed by atoms with E-state index in [9.17, 15) is 0 Å². The summed E-state index contributed by atoms with van der Waals surface area (Å²) < 4.78 is 0.444. The van der Waals surface area contributed by atoms with E-state index in [2.05, 4.69) is 24.1 Å². The van der Waals surface area contributed by atoms with Gasteiger partial charge >= 0.3 is 0 Å². The van der Waals surface area contributed by atoms with Crippen LogP contribution in [-0.2, 0) is 0 Å². The Bertz CT molecular complexity index is 171. The molecular formula is C8H10S. The van der Waals surface area contributed by atoms with E-state index >= 15 is 0 Å². The van der Waals surface area contributed by atoms with Crippen LogP contribution in [0.4, 0.5) is 0 Å². The minimum Gasteiger partial charge on any atom is -0.123 e. The highest BCUT2D eigenvalue weighted by atomic mass is 32.2. The highest BCUT2D eigenvalue weighted by Gasteiger charge is 2.45. The van der Waals surface area contributed by atoms with Crippen molar-refractivity contribution in [1.29, 1.82) is 0 Å². The summed E-state index contributed by atoms with van der Waals surface area (Å²) in [5, 5.41) is 2.22. The zero-order chi connectivity index (χ0) is 6.32. The van der Waals surface area contributed by atoms with Crippen molar-refractivity contribution in [2.75, 3.05) is 0 Å². The summed E-state index contributed by atoms with van der Waals surface area (Å²) in [6, 6.07) is 0. The summed E-state index contributed by atoms with van der Waals surface area (Å²) in [6.07, 6.45) is 7.13. The third kappa shape index (κ3) is 0.558. The average molecular weight is 138 g/mol. The Morgan fingerprint density at radius 1 is 1.78 bits per heavy atom. The molecule has 2 atom stereocenters. The predicted molar refractivity (Wildman–Crippen MR) is 42.4 cm³/mol. The van der Waals surface area contributed by atoms with Gasteiger partial charge < -0.3 is 0 Å². The number of hydrogen-bond acceptors (Lipinski definition) is 1. The van der Waals surface area contributed by atoms with Gasteiger partial charge in [-0.3, -0.25) is 0 Å². The van der Waals surface area contributed by atoms with Crippen molar-refractivity contribution in [2.24, 2.45) is 5.92 Å². The fourth-order valence-corrected chi connectivity index (χ4v) is 2.79. The van der Waals surface area contributed by atoms with Crippen molar-refractivity contribution in [3.8, 4) is 0 Å². The van der Waals surface area contributed by atoms with E-state index in [1.54, 1.807) is 0 Å². The first-order chi connectivity index (χ1) is 4.37. The molecule has 0 spiro atoms. The molecule has 0 aromatic carbocycles. The van der Waals surface area contributed by atoms with Crippen LogP contribution in [0, 0.1) is 5.92 Å². The van der Waals surface area contributed by atoms with Gasteiger partial charge in [-0.1, -0.05) is 12.2 Å². The van der Waals surface area contributed by atoms with Crippen molar-refractivity contribution < 1.29 is 0 Å². The first-order valence-corrected chi connectivity index (χ1v) is 4.23. The second kappa shape index (κ2) is 1.66. The Morgan fingerprint density at radius 2 is 2.67 bits per heavy atom. The van der Waals surface area contributed by atoms with E-state index in [1.165, 1.54) is 12.8 Å². The normalized spacial score (nSPS) is 46.0. The highest BCUT2D eigenvalue weighted by Crippen LogP contribution is 2.55. The van der Waals surface area contributed by atoms with Crippen LogP contribution < -0.4 is 0 Å². The Morgan fingerprint density at radius 3 is 3.00 bits per heavy atom. The topological polar surface area (TPSA) is 0 Å². The summed E-state index contributed by atoms with van der Waals surface area (Å²) in [5.74, 6) is 0.819. The number of fused-ring (bicyclic) bond motifs is 1. The van der Waals surface area contributed by atoms with E-state index in [4.69, 9.17) is 0 Å².